The van der Waals surface area contributed by atoms with Crippen LogP contribution in [0, 0.1) is 6.92 Å². The fraction of sp³-hybridized carbons (Fsp3) is 0.429. The maximum absolute atomic E-state index is 11.7. The second-order valence-electron chi connectivity index (χ2n) is 7.07. The van der Waals surface area contributed by atoms with Gasteiger partial charge < -0.3 is 9.47 Å². The minimum Gasteiger partial charge on any atom is -0.469 e. The molecule has 0 aliphatic heterocycles. The summed E-state index contributed by atoms with van der Waals surface area (Å²) in [6.07, 6.45) is 4.90. The number of hydrogen-bond donors (Lipinski definition) is 0. The molecule has 0 fully saturated rings. The molecule has 0 unspecified atom stereocenters. The molecule has 29 heavy (non-hydrogen) atoms. The minimum absolute atomic E-state index is 0.199. The number of methoxy groups -OCH3 is 2. The molecule has 3 aromatic heterocycles. The van der Waals surface area contributed by atoms with Gasteiger partial charge in [-0.3, -0.25) is 14.5 Å². The number of rotatable bonds is 6. The van der Waals surface area contributed by atoms with E-state index in [2.05, 4.69) is 11.1 Å². The van der Waals surface area contributed by atoms with E-state index >= 15 is 0 Å². The fourth-order valence-electron chi connectivity index (χ4n) is 3.63. The molecule has 4 rings (SSSR count). The van der Waals surface area contributed by atoms with Crippen molar-refractivity contribution in [2.45, 2.75) is 39.2 Å². The van der Waals surface area contributed by atoms with Gasteiger partial charge in [0.25, 0.3) is 0 Å². The van der Waals surface area contributed by atoms with Gasteiger partial charge in [0, 0.05) is 30.1 Å². The Bertz CT molecular complexity index is 1020. The summed E-state index contributed by atoms with van der Waals surface area (Å²) < 4.78 is 12.2. The van der Waals surface area contributed by atoms with Crippen LogP contribution in [0.3, 0.4) is 0 Å². The van der Waals surface area contributed by atoms with Crippen molar-refractivity contribution >= 4 is 17.3 Å². The van der Waals surface area contributed by atoms with Gasteiger partial charge in [0.2, 0.25) is 0 Å². The highest BCUT2D eigenvalue weighted by Crippen LogP contribution is 2.41. The number of thiazole rings is 1. The molecule has 152 valence electrons. The lowest BCUT2D eigenvalue weighted by atomic mass is 10.0. The average Bonchev–Trinajstić information content (AvgIpc) is 3.23. The standard InChI is InChI=1S/C21H24N4O3S/c1-13-7-8-14(12-22-13)19-15-5-4-6-16-21(20(15)25(24-19)9-10-27-2)29-17(23-16)11-18(26)28-3/h7-8,12H,4-6,9-11H2,1-3H3. The predicted molar refractivity (Wildman–Crippen MR) is 111 cm³/mol. The second kappa shape index (κ2) is 8.42. The van der Waals surface area contributed by atoms with E-state index in [1.54, 1.807) is 18.4 Å². The molecule has 3 heterocycles. The number of carbonyl (C=O) groups excluding carboxylic acids is 1. The van der Waals surface area contributed by atoms with Crippen LogP contribution in [-0.4, -0.2) is 46.5 Å². The van der Waals surface area contributed by atoms with Gasteiger partial charge in [-0.25, -0.2) is 4.98 Å². The van der Waals surface area contributed by atoms with Crippen LogP contribution in [0.25, 0.3) is 21.8 Å². The molecule has 1 aliphatic rings. The molecule has 3 aromatic rings. The third-order valence-electron chi connectivity index (χ3n) is 5.06. The molecule has 0 saturated carbocycles. The number of hydrogen-bond acceptors (Lipinski definition) is 7. The van der Waals surface area contributed by atoms with Gasteiger partial charge in [-0.15, -0.1) is 11.3 Å². The first-order valence-corrected chi connectivity index (χ1v) is 10.5. The van der Waals surface area contributed by atoms with Crippen LogP contribution in [0.4, 0.5) is 0 Å². The van der Waals surface area contributed by atoms with Gasteiger partial charge in [-0.2, -0.15) is 5.10 Å². The number of nitrogens with zero attached hydrogens (tertiary/aromatic N) is 4. The number of fused-ring (bicyclic) bond motifs is 3. The second-order valence-corrected chi connectivity index (χ2v) is 8.15. The van der Waals surface area contributed by atoms with Crippen molar-refractivity contribution in [1.29, 1.82) is 0 Å². The fourth-order valence-corrected chi connectivity index (χ4v) is 4.80. The molecule has 0 N–H and O–H groups in total. The van der Waals surface area contributed by atoms with Gasteiger partial charge in [-0.05, 0) is 38.3 Å². The maximum atomic E-state index is 11.7. The van der Waals surface area contributed by atoms with E-state index in [9.17, 15) is 4.79 Å². The van der Waals surface area contributed by atoms with E-state index in [-0.39, 0.29) is 12.4 Å². The van der Waals surface area contributed by atoms with Crippen molar-refractivity contribution in [2.75, 3.05) is 20.8 Å². The van der Waals surface area contributed by atoms with Crippen molar-refractivity contribution in [1.82, 2.24) is 19.7 Å². The van der Waals surface area contributed by atoms with Crippen LogP contribution >= 0.6 is 11.3 Å². The quantitative estimate of drug-likeness (QED) is 0.579. The van der Waals surface area contributed by atoms with E-state index in [0.717, 1.165) is 57.5 Å². The highest BCUT2D eigenvalue weighted by molar-refractivity contribution is 7.15. The monoisotopic (exact) mass is 412 g/mol. The Balaban J connectivity index is 1.84. The molecule has 1 aliphatic carbocycles. The summed E-state index contributed by atoms with van der Waals surface area (Å²) in [6, 6.07) is 4.09. The summed E-state index contributed by atoms with van der Waals surface area (Å²) >= 11 is 1.56. The molecule has 0 aromatic carbocycles. The summed E-state index contributed by atoms with van der Waals surface area (Å²) in [6.45, 7) is 3.21. The largest absolute Gasteiger partial charge is 0.469 e. The van der Waals surface area contributed by atoms with Crippen LogP contribution in [-0.2, 0) is 40.1 Å². The molecule has 7 nitrogen and oxygen atoms in total. The molecule has 0 radical (unpaired) electrons. The summed E-state index contributed by atoms with van der Waals surface area (Å²) in [4.78, 5) is 22.0. The van der Waals surface area contributed by atoms with Crippen LogP contribution in [0.2, 0.25) is 0 Å². The third-order valence-corrected chi connectivity index (χ3v) is 6.17. The predicted octanol–water partition coefficient (Wildman–Crippen LogP) is 3.23. The van der Waals surface area contributed by atoms with E-state index in [1.807, 2.05) is 23.9 Å². The van der Waals surface area contributed by atoms with Crippen molar-refractivity contribution < 1.29 is 14.3 Å². The topological polar surface area (TPSA) is 79.1 Å². The Morgan fingerprint density at radius 3 is 2.86 bits per heavy atom. The Kier molecular flexibility index (Phi) is 5.73. The van der Waals surface area contributed by atoms with Crippen molar-refractivity contribution in [3.05, 3.63) is 40.3 Å². The van der Waals surface area contributed by atoms with Gasteiger partial charge in [0.1, 0.15) is 5.01 Å². The SMILES string of the molecule is COCCn1nc(-c2ccc(C)nc2)c2c1-c1sc(CC(=O)OC)nc1CCC2. The van der Waals surface area contributed by atoms with Gasteiger partial charge in [0.05, 0.1) is 48.6 Å². The van der Waals surface area contributed by atoms with Crippen molar-refractivity contribution in [3.63, 3.8) is 0 Å². The minimum atomic E-state index is -0.270. The van der Waals surface area contributed by atoms with Gasteiger partial charge in [0.15, 0.2) is 0 Å². The molecule has 0 amide bonds. The number of ether oxygens (including phenoxy) is 2. The first kappa shape index (κ1) is 19.7. The molecular formula is C21H24N4O3S. The van der Waals surface area contributed by atoms with E-state index in [0.29, 0.717) is 13.2 Å². The average molecular weight is 413 g/mol. The van der Waals surface area contributed by atoms with Crippen LogP contribution < -0.4 is 0 Å². The van der Waals surface area contributed by atoms with Crippen LogP contribution in [0.15, 0.2) is 18.3 Å². The Morgan fingerprint density at radius 1 is 1.28 bits per heavy atom. The Labute approximate surface area is 173 Å². The highest BCUT2D eigenvalue weighted by atomic mass is 32.1. The first-order chi connectivity index (χ1) is 14.1. The van der Waals surface area contributed by atoms with E-state index in [1.165, 1.54) is 12.7 Å². The zero-order valence-electron chi connectivity index (χ0n) is 16.9. The highest BCUT2D eigenvalue weighted by Gasteiger charge is 2.28. The molecule has 0 atom stereocenters. The van der Waals surface area contributed by atoms with Crippen molar-refractivity contribution in [3.8, 4) is 21.8 Å². The number of esters is 1. The number of aryl methyl sites for hydroxylation is 2. The molecule has 0 spiro atoms. The molecular weight excluding hydrogens is 388 g/mol. The smallest absolute Gasteiger partial charge is 0.312 e. The Hall–Kier alpha value is -2.58. The third kappa shape index (κ3) is 3.95. The first-order valence-electron chi connectivity index (χ1n) is 9.68. The lowest BCUT2D eigenvalue weighted by molar-refractivity contribution is -0.139. The molecule has 0 bridgehead atoms. The maximum Gasteiger partial charge on any atom is 0.312 e. The number of aromatic nitrogens is 4. The zero-order chi connectivity index (χ0) is 20.4. The summed E-state index contributed by atoms with van der Waals surface area (Å²) in [5.74, 6) is -0.270. The molecule has 8 heteroatoms. The summed E-state index contributed by atoms with van der Waals surface area (Å²) in [7, 11) is 3.10. The number of carbonyl (C=O) groups is 1. The van der Waals surface area contributed by atoms with Gasteiger partial charge in [-0.1, -0.05) is 0 Å². The van der Waals surface area contributed by atoms with Crippen LogP contribution in [0.5, 0.6) is 0 Å². The van der Waals surface area contributed by atoms with E-state index < -0.39 is 0 Å². The number of pyridine rings is 1. The van der Waals surface area contributed by atoms with E-state index in [4.69, 9.17) is 19.6 Å². The zero-order valence-corrected chi connectivity index (χ0v) is 17.7. The lowest BCUT2D eigenvalue weighted by Gasteiger charge is -2.06. The summed E-state index contributed by atoms with van der Waals surface area (Å²) in [5, 5.41) is 5.73. The van der Waals surface area contributed by atoms with Crippen LogP contribution in [0.1, 0.15) is 28.4 Å². The van der Waals surface area contributed by atoms with Crippen molar-refractivity contribution in [2.24, 2.45) is 0 Å². The summed E-state index contributed by atoms with van der Waals surface area (Å²) in [5.41, 5.74) is 6.33. The normalized spacial score (nSPS) is 12.9. The molecule has 0 saturated heterocycles. The van der Waals surface area contributed by atoms with Gasteiger partial charge >= 0.3 is 5.97 Å². The lowest BCUT2D eigenvalue weighted by Crippen LogP contribution is -2.07. The Morgan fingerprint density at radius 2 is 2.14 bits per heavy atom.